The zero-order chi connectivity index (χ0) is 24.6. The number of rotatable bonds is 6. The fourth-order valence-electron chi connectivity index (χ4n) is 4.05. The van der Waals surface area contributed by atoms with E-state index in [9.17, 15) is 14.4 Å². The van der Waals surface area contributed by atoms with E-state index in [2.05, 4.69) is 15.4 Å². The number of ketones is 1. The van der Waals surface area contributed by atoms with Crippen LogP contribution in [0.3, 0.4) is 0 Å². The summed E-state index contributed by atoms with van der Waals surface area (Å²) in [4.78, 5) is 46.1. The Morgan fingerprint density at radius 2 is 1.85 bits per heavy atom. The van der Waals surface area contributed by atoms with Crippen LogP contribution in [0.25, 0.3) is 22.3 Å². The van der Waals surface area contributed by atoms with E-state index in [1.54, 1.807) is 36.0 Å². The van der Waals surface area contributed by atoms with Crippen LogP contribution in [0.4, 0.5) is 0 Å². The summed E-state index contributed by atoms with van der Waals surface area (Å²) in [6, 6.07) is 8.89. The van der Waals surface area contributed by atoms with Crippen molar-refractivity contribution in [2.45, 2.75) is 40.7 Å². The Labute approximate surface area is 197 Å². The van der Waals surface area contributed by atoms with E-state index in [0.717, 1.165) is 11.1 Å². The van der Waals surface area contributed by atoms with Crippen molar-refractivity contribution in [3.63, 3.8) is 0 Å². The van der Waals surface area contributed by atoms with Crippen molar-refractivity contribution in [2.24, 2.45) is 10.9 Å². The third kappa shape index (κ3) is 4.44. The Hall–Kier alpha value is -3.94. The zero-order valence-electron chi connectivity index (χ0n) is 19.9. The van der Waals surface area contributed by atoms with Crippen molar-refractivity contribution in [3.05, 3.63) is 59.3 Å². The second-order valence-corrected chi connectivity index (χ2v) is 8.85. The van der Waals surface area contributed by atoms with Crippen molar-refractivity contribution < 1.29 is 14.4 Å². The highest BCUT2D eigenvalue weighted by Gasteiger charge is 2.25. The van der Waals surface area contributed by atoms with Gasteiger partial charge in [0.1, 0.15) is 0 Å². The molecule has 1 unspecified atom stereocenters. The Morgan fingerprint density at radius 1 is 1.15 bits per heavy atom. The predicted molar refractivity (Wildman–Crippen MR) is 131 cm³/mol. The van der Waals surface area contributed by atoms with Gasteiger partial charge in [-0.2, -0.15) is 5.10 Å². The molecule has 0 saturated heterocycles. The second-order valence-electron chi connectivity index (χ2n) is 8.85. The van der Waals surface area contributed by atoms with Gasteiger partial charge in [0.15, 0.2) is 11.4 Å². The lowest BCUT2D eigenvalue weighted by molar-refractivity contribution is -0.120. The minimum atomic E-state index is -0.484. The molecule has 2 aromatic heterocycles. The first-order valence-electron chi connectivity index (χ1n) is 11.2. The summed E-state index contributed by atoms with van der Waals surface area (Å²) in [5.41, 5.74) is 4.54. The first kappa shape index (κ1) is 23.2. The highest BCUT2D eigenvalue weighted by atomic mass is 16.2. The van der Waals surface area contributed by atoms with E-state index < -0.39 is 5.92 Å². The number of nitrogens with one attached hydrogen (secondary N) is 1. The molecule has 4 rings (SSSR count). The number of carbonyl (C=O) groups excluding carboxylic acids is 3. The van der Waals surface area contributed by atoms with Crippen LogP contribution in [0.1, 0.15) is 61.4 Å². The van der Waals surface area contributed by atoms with Gasteiger partial charge >= 0.3 is 0 Å². The topological polar surface area (TPSA) is 106 Å². The van der Waals surface area contributed by atoms with Crippen LogP contribution in [0, 0.1) is 5.92 Å². The summed E-state index contributed by atoms with van der Waals surface area (Å²) >= 11 is 0. The van der Waals surface area contributed by atoms with Crippen molar-refractivity contribution >= 4 is 34.3 Å². The number of benzene rings is 1. The maximum atomic E-state index is 13.3. The van der Waals surface area contributed by atoms with Crippen LogP contribution < -0.4 is 5.32 Å². The fraction of sp³-hybridized carbons (Fsp3) is 0.308. The summed E-state index contributed by atoms with van der Waals surface area (Å²) < 4.78 is 1.77. The predicted octanol–water partition coefficient (Wildman–Crippen LogP) is 4.18. The summed E-state index contributed by atoms with van der Waals surface area (Å²) in [5, 5.41) is 7.97. The van der Waals surface area contributed by atoms with Gasteiger partial charge in [-0.1, -0.05) is 29.8 Å². The number of allylic oxidation sites excluding steroid dienone is 1. The smallest absolute Gasteiger partial charge is 0.254 e. The molecule has 1 aliphatic rings. The van der Waals surface area contributed by atoms with E-state index in [0.29, 0.717) is 33.6 Å². The summed E-state index contributed by atoms with van der Waals surface area (Å²) in [7, 11) is 0. The normalized spacial score (nSPS) is 15.9. The quantitative estimate of drug-likeness (QED) is 0.559. The van der Waals surface area contributed by atoms with Gasteiger partial charge in [-0.25, -0.2) is 14.7 Å². The molecule has 1 aliphatic heterocycles. The van der Waals surface area contributed by atoms with Crippen LogP contribution >= 0.6 is 0 Å². The first-order valence-corrected chi connectivity index (χ1v) is 11.2. The van der Waals surface area contributed by atoms with E-state index in [4.69, 9.17) is 4.98 Å². The number of pyridine rings is 1. The number of aromatic nitrogens is 3. The molecule has 8 nitrogen and oxygen atoms in total. The van der Waals surface area contributed by atoms with Gasteiger partial charge < -0.3 is 5.32 Å². The Morgan fingerprint density at radius 3 is 2.47 bits per heavy atom. The number of amides is 2. The SMILES string of the molecule is CC(=O)c1ccc(-c2cc(C(=O)NCC3C(=O)N=C(C)C=C3C)c3cnn(C(C)C)c3n2)cc1. The molecular weight excluding hydrogens is 430 g/mol. The number of hydrogen-bond donors (Lipinski definition) is 1. The van der Waals surface area contributed by atoms with Gasteiger partial charge in [-0.05, 0) is 46.8 Å². The maximum absolute atomic E-state index is 13.3. The summed E-state index contributed by atoms with van der Waals surface area (Å²) in [6.45, 7) is 9.31. The van der Waals surface area contributed by atoms with E-state index in [1.165, 1.54) is 6.92 Å². The van der Waals surface area contributed by atoms with Gasteiger partial charge in [-0.3, -0.25) is 14.4 Å². The Bertz CT molecular complexity index is 1360. The molecule has 1 aromatic carbocycles. The number of carbonyl (C=O) groups is 3. The molecule has 0 fully saturated rings. The largest absolute Gasteiger partial charge is 0.351 e. The van der Waals surface area contributed by atoms with Crippen LogP contribution in [-0.2, 0) is 4.79 Å². The van der Waals surface area contributed by atoms with Crippen LogP contribution in [-0.4, -0.2) is 44.6 Å². The molecule has 3 aromatic rings. The molecule has 8 heteroatoms. The molecule has 3 heterocycles. The van der Waals surface area contributed by atoms with Crippen molar-refractivity contribution in [3.8, 4) is 11.3 Å². The number of fused-ring (bicyclic) bond motifs is 1. The van der Waals surface area contributed by atoms with E-state index in [1.807, 2.05) is 39.0 Å². The lowest BCUT2D eigenvalue weighted by Crippen LogP contribution is -2.34. The molecule has 2 amide bonds. The summed E-state index contributed by atoms with van der Waals surface area (Å²) in [6.07, 6.45) is 3.50. The zero-order valence-corrected chi connectivity index (χ0v) is 19.9. The third-order valence-electron chi connectivity index (χ3n) is 5.93. The molecule has 1 N–H and O–H groups in total. The van der Waals surface area contributed by atoms with Crippen molar-refractivity contribution in [2.75, 3.05) is 6.54 Å². The molecule has 174 valence electrons. The van der Waals surface area contributed by atoms with Gasteiger partial charge in [0.2, 0.25) is 0 Å². The molecule has 0 radical (unpaired) electrons. The Balaban J connectivity index is 1.71. The highest BCUT2D eigenvalue weighted by molar-refractivity contribution is 6.08. The van der Waals surface area contributed by atoms with Crippen molar-refractivity contribution in [1.82, 2.24) is 20.1 Å². The van der Waals surface area contributed by atoms with Gasteiger partial charge in [0.05, 0.1) is 28.8 Å². The second kappa shape index (κ2) is 9.13. The third-order valence-corrected chi connectivity index (χ3v) is 5.93. The van der Waals surface area contributed by atoms with Gasteiger partial charge in [-0.15, -0.1) is 0 Å². The van der Waals surface area contributed by atoms with E-state index >= 15 is 0 Å². The van der Waals surface area contributed by atoms with Gasteiger partial charge in [0, 0.05) is 29.4 Å². The highest BCUT2D eigenvalue weighted by Crippen LogP contribution is 2.27. The minimum Gasteiger partial charge on any atom is -0.351 e. The minimum absolute atomic E-state index is 0.0194. The van der Waals surface area contributed by atoms with Crippen LogP contribution in [0.15, 0.2) is 53.2 Å². The fourth-order valence-corrected chi connectivity index (χ4v) is 4.05. The molecule has 1 atom stereocenters. The lowest BCUT2D eigenvalue weighted by atomic mass is 9.95. The Kier molecular flexibility index (Phi) is 6.24. The lowest BCUT2D eigenvalue weighted by Gasteiger charge is -2.19. The molecular formula is C26H27N5O3. The molecule has 0 bridgehead atoms. The standard InChI is InChI=1S/C26H27N5O3/c1-14(2)31-24-22(13-28-31)20(11-23(30-24)19-8-6-18(7-9-19)17(5)32)25(33)27-12-21-15(3)10-16(4)29-26(21)34/h6-11,13-14,21H,12H2,1-5H3,(H,27,33). The average molecular weight is 458 g/mol. The average Bonchev–Trinajstić information content (AvgIpc) is 3.22. The van der Waals surface area contributed by atoms with E-state index in [-0.39, 0.29) is 30.2 Å². The van der Waals surface area contributed by atoms with Gasteiger partial charge in [0.25, 0.3) is 11.8 Å². The molecule has 34 heavy (non-hydrogen) atoms. The van der Waals surface area contributed by atoms with Crippen LogP contribution in [0.5, 0.6) is 0 Å². The number of nitrogens with zero attached hydrogens (tertiary/aromatic N) is 4. The monoisotopic (exact) mass is 457 g/mol. The maximum Gasteiger partial charge on any atom is 0.254 e. The first-order chi connectivity index (χ1) is 16.2. The molecule has 0 saturated carbocycles. The summed E-state index contributed by atoms with van der Waals surface area (Å²) in [5.74, 6) is -1.07. The number of Topliss-reactive ketones (excluding diaryl/α,β-unsaturated/α-hetero) is 1. The number of dihydropyridines is 1. The van der Waals surface area contributed by atoms with Crippen LogP contribution in [0.2, 0.25) is 0 Å². The number of hydrogen-bond acceptors (Lipinski definition) is 5. The molecule has 0 spiro atoms. The van der Waals surface area contributed by atoms with Crippen molar-refractivity contribution in [1.29, 1.82) is 0 Å². The molecule has 0 aliphatic carbocycles. The number of aliphatic imine (C=N–C) groups is 1.